The SMILES string of the molecule is CNNC(=O)c1cc(Cl)cc(C)c1NC(=O)c1cc(CNS(=O)(=O)c2ccccc2)nn1-c1ncccc1Cl. The van der Waals surface area contributed by atoms with Crippen LogP contribution in [0.4, 0.5) is 5.69 Å². The summed E-state index contributed by atoms with van der Waals surface area (Å²) >= 11 is 12.5. The molecule has 0 saturated heterocycles. The van der Waals surface area contributed by atoms with E-state index in [0.717, 1.165) is 0 Å². The van der Waals surface area contributed by atoms with Crippen molar-refractivity contribution in [1.82, 2.24) is 30.3 Å². The van der Waals surface area contributed by atoms with Crippen molar-refractivity contribution in [3.8, 4) is 5.82 Å². The molecule has 4 rings (SSSR count). The largest absolute Gasteiger partial charge is 0.320 e. The summed E-state index contributed by atoms with van der Waals surface area (Å²) in [6.07, 6.45) is 1.48. The molecule has 11 nitrogen and oxygen atoms in total. The van der Waals surface area contributed by atoms with Crippen LogP contribution in [0.2, 0.25) is 10.0 Å². The molecule has 0 aliphatic carbocycles. The lowest BCUT2D eigenvalue weighted by molar-refractivity contribution is 0.0938. The van der Waals surface area contributed by atoms with Gasteiger partial charge in [0.2, 0.25) is 10.0 Å². The molecule has 39 heavy (non-hydrogen) atoms. The molecule has 0 atom stereocenters. The van der Waals surface area contributed by atoms with E-state index in [9.17, 15) is 18.0 Å². The Labute approximate surface area is 234 Å². The third-order valence-electron chi connectivity index (χ3n) is 5.45. The summed E-state index contributed by atoms with van der Waals surface area (Å²) in [5.41, 5.74) is 6.11. The maximum absolute atomic E-state index is 13.6. The van der Waals surface area contributed by atoms with Gasteiger partial charge in [0.25, 0.3) is 11.8 Å². The van der Waals surface area contributed by atoms with E-state index in [-0.39, 0.29) is 44.9 Å². The number of benzene rings is 2. The van der Waals surface area contributed by atoms with E-state index in [2.05, 4.69) is 31.0 Å². The summed E-state index contributed by atoms with van der Waals surface area (Å²) < 4.78 is 29.1. The molecule has 2 amide bonds. The highest BCUT2D eigenvalue weighted by molar-refractivity contribution is 7.89. The summed E-state index contributed by atoms with van der Waals surface area (Å²) in [5.74, 6) is -1.01. The fraction of sp³-hybridized carbons (Fsp3) is 0.120. The normalized spacial score (nSPS) is 11.3. The van der Waals surface area contributed by atoms with Gasteiger partial charge in [-0.15, -0.1) is 0 Å². The number of anilines is 1. The van der Waals surface area contributed by atoms with Crippen LogP contribution in [0.15, 0.2) is 71.8 Å². The first-order valence-corrected chi connectivity index (χ1v) is 13.7. The Balaban J connectivity index is 1.71. The van der Waals surface area contributed by atoms with Crippen LogP contribution in [0.3, 0.4) is 0 Å². The van der Waals surface area contributed by atoms with Crippen molar-refractivity contribution in [3.63, 3.8) is 0 Å². The van der Waals surface area contributed by atoms with Crippen molar-refractivity contribution in [2.24, 2.45) is 0 Å². The minimum atomic E-state index is -3.84. The Kier molecular flexibility index (Phi) is 8.63. The Morgan fingerprint density at radius 2 is 1.74 bits per heavy atom. The lowest BCUT2D eigenvalue weighted by Gasteiger charge is -2.15. The number of aryl methyl sites for hydroxylation is 1. The van der Waals surface area contributed by atoms with Gasteiger partial charge < -0.3 is 5.32 Å². The van der Waals surface area contributed by atoms with Crippen LogP contribution in [0.25, 0.3) is 5.82 Å². The first kappa shape index (κ1) is 28.2. The first-order valence-electron chi connectivity index (χ1n) is 11.4. The zero-order valence-corrected chi connectivity index (χ0v) is 23.0. The van der Waals surface area contributed by atoms with Gasteiger partial charge in [0, 0.05) is 18.3 Å². The van der Waals surface area contributed by atoms with Crippen molar-refractivity contribution < 1.29 is 18.0 Å². The summed E-state index contributed by atoms with van der Waals surface area (Å²) in [6.45, 7) is 1.47. The third-order valence-corrected chi connectivity index (χ3v) is 7.38. The Hall–Kier alpha value is -3.81. The molecule has 14 heteroatoms. The monoisotopic (exact) mass is 587 g/mol. The second-order valence-corrected chi connectivity index (χ2v) is 10.8. The number of hydrazine groups is 1. The van der Waals surface area contributed by atoms with E-state index in [1.807, 2.05) is 0 Å². The third kappa shape index (κ3) is 6.44. The lowest BCUT2D eigenvalue weighted by Crippen LogP contribution is -2.35. The number of rotatable bonds is 9. The molecule has 2 heterocycles. The Morgan fingerprint density at radius 1 is 1.00 bits per heavy atom. The van der Waals surface area contributed by atoms with Gasteiger partial charge in [-0.1, -0.05) is 41.4 Å². The summed E-state index contributed by atoms with van der Waals surface area (Å²) in [5, 5.41) is 7.66. The van der Waals surface area contributed by atoms with Crippen LogP contribution >= 0.6 is 23.2 Å². The molecule has 0 unspecified atom stereocenters. The zero-order chi connectivity index (χ0) is 28.2. The number of carbonyl (C=O) groups excluding carboxylic acids is 2. The Bertz CT molecular complexity index is 1640. The van der Waals surface area contributed by atoms with Gasteiger partial charge in [0.05, 0.1) is 33.4 Å². The van der Waals surface area contributed by atoms with E-state index in [4.69, 9.17) is 23.2 Å². The highest BCUT2D eigenvalue weighted by atomic mass is 35.5. The molecule has 4 aromatic rings. The maximum atomic E-state index is 13.6. The molecular formula is C25H23Cl2N7O4S. The second-order valence-electron chi connectivity index (χ2n) is 8.18. The number of hydrogen-bond donors (Lipinski definition) is 4. The van der Waals surface area contributed by atoms with Gasteiger partial charge in [-0.3, -0.25) is 15.0 Å². The quantitative estimate of drug-likeness (QED) is 0.219. The van der Waals surface area contributed by atoms with Gasteiger partial charge in [0.15, 0.2) is 5.82 Å². The summed E-state index contributed by atoms with van der Waals surface area (Å²) in [7, 11) is -2.31. The second kappa shape index (κ2) is 11.9. The summed E-state index contributed by atoms with van der Waals surface area (Å²) in [4.78, 5) is 30.5. The molecule has 4 N–H and O–H groups in total. The average molecular weight is 588 g/mol. The number of nitrogens with zero attached hydrogens (tertiary/aromatic N) is 3. The predicted molar refractivity (Wildman–Crippen MR) is 148 cm³/mol. The van der Waals surface area contributed by atoms with Gasteiger partial charge in [-0.05, 0) is 55.0 Å². The highest BCUT2D eigenvalue weighted by Crippen LogP contribution is 2.27. The van der Waals surface area contributed by atoms with E-state index in [1.54, 1.807) is 43.3 Å². The van der Waals surface area contributed by atoms with Crippen LogP contribution < -0.4 is 20.9 Å². The van der Waals surface area contributed by atoms with Crippen molar-refractivity contribution in [2.75, 3.05) is 12.4 Å². The van der Waals surface area contributed by atoms with E-state index in [1.165, 1.54) is 42.2 Å². The number of halogens is 2. The van der Waals surface area contributed by atoms with E-state index < -0.39 is 21.8 Å². The lowest BCUT2D eigenvalue weighted by atomic mass is 10.1. The van der Waals surface area contributed by atoms with Crippen LogP contribution in [-0.2, 0) is 16.6 Å². The van der Waals surface area contributed by atoms with Crippen molar-refractivity contribution in [2.45, 2.75) is 18.4 Å². The molecule has 0 fully saturated rings. The zero-order valence-electron chi connectivity index (χ0n) is 20.7. The fourth-order valence-electron chi connectivity index (χ4n) is 3.67. The number of carbonyl (C=O) groups is 2. The van der Waals surface area contributed by atoms with Crippen LogP contribution in [0, 0.1) is 6.92 Å². The molecule has 2 aromatic heterocycles. The summed E-state index contributed by atoms with van der Waals surface area (Å²) in [6, 6.07) is 15.5. The molecular weight excluding hydrogens is 565 g/mol. The number of sulfonamides is 1. The van der Waals surface area contributed by atoms with Crippen LogP contribution in [-0.4, -0.2) is 42.0 Å². The predicted octanol–water partition coefficient (Wildman–Crippen LogP) is 3.48. The minimum Gasteiger partial charge on any atom is -0.320 e. The number of aromatic nitrogens is 3. The molecule has 0 bridgehead atoms. The minimum absolute atomic E-state index is 0.00108. The molecule has 202 valence electrons. The molecule has 0 aliphatic heterocycles. The Morgan fingerprint density at radius 3 is 2.44 bits per heavy atom. The molecule has 2 aromatic carbocycles. The average Bonchev–Trinajstić information content (AvgIpc) is 3.34. The van der Waals surface area contributed by atoms with Gasteiger partial charge in [-0.25, -0.2) is 28.2 Å². The molecule has 0 aliphatic rings. The van der Waals surface area contributed by atoms with Crippen molar-refractivity contribution in [1.29, 1.82) is 0 Å². The highest BCUT2D eigenvalue weighted by Gasteiger charge is 2.23. The van der Waals surface area contributed by atoms with Crippen molar-refractivity contribution >= 4 is 50.7 Å². The number of hydrogen-bond acceptors (Lipinski definition) is 7. The fourth-order valence-corrected chi connectivity index (χ4v) is 5.17. The van der Waals surface area contributed by atoms with Crippen LogP contribution in [0.5, 0.6) is 0 Å². The van der Waals surface area contributed by atoms with Gasteiger partial charge in [0.1, 0.15) is 5.69 Å². The van der Waals surface area contributed by atoms with Crippen LogP contribution in [0.1, 0.15) is 32.1 Å². The van der Waals surface area contributed by atoms with Crippen molar-refractivity contribution in [3.05, 3.63) is 99.4 Å². The topological polar surface area (TPSA) is 147 Å². The number of nitrogens with one attached hydrogen (secondary N) is 4. The molecule has 0 saturated carbocycles. The standard InChI is InChI=1S/C25H23Cl2N7O4S/c1-15-11-16(26)12-19(24(35)32-28-2)22(15)31-25(36)21-13-17(33-34(21)23-20(27)9-6-10-29-23)14-30-39(37,38)18-7-4-3-5-8-18/h3-13,28,30H,14H2,1-2H3,(H,31,36)(H,32,35). The molecule has 0 spiro atoms. The van der Waals surface area contributed by atoms with E-state index in [0.29, 0.717) is 10.6 Å². The maximum Gasteiger partial charge on any atom is 0.274 e. The van der Waals surface area contributed by atoms with Gasteiger partial charge in [-0.2, -0.15) is 5.10 Å². The smallest absolute Gasteiger partial charge is 0.274 e. The first-order chi connectivity index (χ1) is 18.6. The number of amides is 2. The van der Waals surface area contributed by atoms with Gasteiger partial charge >= 0.3 is 0 Å². The number of pyridine rings is 1. The van der Waals surface area contributed by atoms with E-state index >= 15 is 0 Å². The molecule has 0 radical (unpaired) electrons.